The van der Waals surface area contributed by atoms with Crippen molar-refractivity contribution in [1.29, 1.82) is 0 Å². The molecular weight excluding hydrogens is 196 g/mol. The van der Waals surface area contributed by atoms with Crippen molar-refractivity contribution >= 4 is 5.78 Å². The van der Waals surface area contributed by atoms with Crippen molar-refractivity contribution in [2.24, 2.45) is 0 Å². The number of hydrogen-bond acceptors (Lipinski definition) is 1. The summed E-state index contributed by atoms with van der Waals surface area (Å²) < 4.78 is 0. The van der Waals surface area contributed by atoms with Crippen molar-refractivity contribution in [3.63, 3.8) is 0 Å². The van der Waals surface area contributed by atoms with Gasteiger partial charge in [0.25, 0.3) is 0 Å². The summed E-state index contributed by atoms with van der Waals surface area (Å²) in [5.41, 5.74) is 2.75. The van der Waals surface area contributed by atoms with Crippen molar-refractivity contribution in [3.05, 3.63) is 47.5 Å². The van der Waals surface area contributed by atoms with Gasteiger partial charge in [-0.1, -0.05) is 51.6 Å². The molecule has 0 heterocycles. The number of allylic oxidation sites excluding steroid dienone is 1. The fraction of sp³-hybridized carbons (Fsp3) is 0.400. The van der Waals surface area contributed by atoms with Gasteiger partial charge in [-0.15, -0.1) is 0 Å². The molecule has 0 spiro atoms. The van der Waals surface area contributed by atoms with Gasteiger partial charge in [0.1, 0.15) is 0 Å². The van der Waals surface area contributed by atoms with E-state index in [1.54, 1.807) is 6.92 Å². The molecule has 1 aromatic carbocycles. The van der Waals surface area contributed by atoms with Crippen LogP contribution in [0.1, 0.15) is 50.0 Å². The third-order valence-corrected chi connectivity index (χ3v) is 3.20. The molecule has 0 aliphatic rings. The third-order valence-electron chi connectivity index (χ3n) is 3.20. The molecule has 0 radical (unpaired) electrons. The molecule has 0 saturated carbocycles. The Balaban J connectivity index is 3.00. The van der Waals surface area contributed by atoms with Crippen LogP contribution in [0.25, 0.3) is 0 Å². The van der Waals surface area contributed by atoms with Gasteiger partial charge in [0.05, 0.1) is 0 Å². The predicted octanol–water partition coefficient (Wildman–Crippen LogP) is 4.13. The normalized spacial score (nSPS) is 11.2. The highest BCUT2D eigenvalue weighted by Gasteiger charge is 2.18. The van der Waals surface area contributed by atoms with E-state index in [0.29, 0.717) is 5.57 Å². The molecule has 86 valence electrons. The first-order valence-corrected chi connectivity index (χ1v) is 5.69. The number of hydrogen-bond donors (Lipinski definition) is 0. The van der Waals surface area contributed by atoms with E-state index in [0.717, 1.165) is 12.0 Å². The molecule has 0 N–H and O–H groups in total. The Bertz CT molecular complexity index is 396. The molecule has 0 bridgehead atoms. The van der Waals surface area contributed by atoms with Crippen LogP contribution in [0.4, 0.5) is 0 Å². The van der Waals surface area contributed by atoms with Gasteiger partial charge in [-0.3, -0.25) is 4.79 Å². The minimum Gasteiger partial charge on any atom is -0.289 e. The summed E-state index contributed by atoms with van der Waals surface area (Å²) in [7, 11) is 0. The highest BCUT2D eigenvalue weighted by Crippen LogP contribution is 2.26. The molecule has 0 fully saturated rings. The molecule has 1 aromatic rings. The van der Waals surface area contributed by atoms with Gasteiger partial charge in [0, 0.05) is 5.56 Å². The van der Waals surface area contributed by atoms with Gasteiger partial charge >= 0.3 is 0 Å². The highest BCUT2D eigenvalue weighted by molar-refractivity contribution is 6.07. The SMILES string of the molecule is C=C(C)C(=O)c1ccc(C(C)(C)CC)cc1. The van der Waals surface area contributed by atoms with Gasteiger partial charge in [0.15, 0.2) is 5.78 Å². The first kappa shape index (κ1) is 12.7. The molecule has 1 rings (SSSR count). The van der Waals surface area contributed by atoms with Crippen LogP contribution >= 0.6 is 0 Å². The van der Waals surface area contributed by atoms with E-state index in [4.69, 9.17) is 0 Å². The van der Waals surface area contributed by atoms with E-state index in [2.05, 4.69) is 27.4 Å². The molecule has 0 atom stereocenters. The summed E-state index contributed by atoms with van der Waals surface area (Å²) in [6.07, 6.45) is 1.08. The minimum atomic E-state index is 0.0286. The van der Waals surface area contributed by atoms with E-state index in [1.165, 1.54) is 5.56 Å². The number of carbonyl (C=O) groups excluding carboxylic acids is 1. The standard InChI is InChI=1S/C15H20O/c1-6-15(4,5)13-9-7-12(8-10-13)14(16)11(2)3/h7-10H,2,6H2,1,3-5H3. The lowest BCUT2D eigenvalue weighted by molar-refractivity contribution is 0.103. The maximum atomic E-state index is 11.7. The van der Waals surface area contributed by atoms with Crippen molar-refractivity contribution in [3.8, 4) is 0 Å². The van der Waals surface area contributed by atoms with Crippen molar-refractivity contribution in [2.45, 2.75) is 39.5 Å². The van der Waals surface area contributed by atoms with Crippen LogP contribution in [-0.2, 0) is 5.41 Å². The van der Waals surface area contributed by atoms with Gasteiger partial charge in [-0.05, 0) is 29.9 Å². The molecule has 0 saturated heterocycles. The van der Waals surface area contributed by atoms with Gasteiger partial charge in [-0.2, -0.15) is 0 Å². The van der Waals surface area contributed by atoms with Crippen molar-refractivity contribution in [2.75, 3.05) is 0 Å². The number of Topliss-reactive ketones (excluding diaryl/α,β-unsaturated/α-hetero) is 1. The summed E-state index contributed by atoms with van der Waals surface area (Å²) in [4.78, 5) is 11.7. The summed E-state index contributed by atoms with van der Waals surface area (Å²) in [6.45, 7) is 12.0. The Labute approximate surface area is 98.2 Å². The second-order valence-electron chi connectivity index (χ2n) is 4.92. The topological polar surface area (TPSA) is 17.1 Å². The van der Waals surface area contributed by atoms with E-state index >= 15 is 0 Å². The van der Waals surface area contributed by atoms with Crippen LogP contribution in [0.5, 0.6) is 0 Å². The second-order valence-corrected chi connectivity index (χ2v) is 4.92. The molecule has 0 unspecified atom stereocenters. The number of ketones is 1. The van der Waals surface area contributed by atoms with E-state index < -0.39 is 0 Å². The van der Waals surface area contributed by atoms with Crippen LogP contribution in [0.15, 0.2) is 36.4 Å². The molecule has 1 nitrogen and oxygen atoms in total. The number of benzene rings is 1. The molecular formula is C15H20O. The number of carbonyl (C=O) groups is 1. The van der Waals surface area contributed by atoms with Crippen molar-refractivity contribution < 1.29 is 4.79 Å². The average molecular weight is 216 g/mol. The zero-order valence-corrected chi connectivity index (χ0v) is 10.6. The lowest BCUT2D eigenvalue weighted by Crippen LogP contribution is -2.15. The van der Waals surface area contributed by atoms with Crippen LogP contribution in [0.3, 0.4) is 0 Å². The molecule has 16 heavy (non-hydrogen) atoms. The van der Waals surface area contributed by atoms with E-state index in [9.17, 15) is 4.79 Å². The van der Waals surface area contributed by atoms with Crippen LogP contribution in [0.2, 0.25) is 0 Å². The molecule has 0 aromatic heterocycles. The maximum absolute atomic E-state index is 11.7. The van der Waals surface area contributed by atoms with Crippen LogP contribution in [0, 0.1) is 0 Å². The minimum absolute atomic E-state index is 0.0286. The molecule has 0 amide bonds. The summed E-state index contributed by atoms with van der Waals surface area (Å²) in [5, 5.41) is 0. The largest absolute Gasteiger partial charge is 0.289 e. The smallest absolute Gasteiger partial charge is 0.188 e. The number of rotatable bonds is 4. The van der Waals surface area contributed by atoms with Gasteiger partial charge < -0.3 is 0 Å². The Hall–Kier alpha value is -1.37. The van der Waals surface area contributed by atoms with Gasteiger partial charge in [0.2, 0.25) is 0 Å². The quantitative estimate of drug-likeness (QED) is 0.546. The van der Waals surface area contributed by atoms with E-state index in [-0.39, 0.29) is 11.2 Å². The second kappa shape index (κ2) is 4.65. The maximum Gasteiger partial charge on any atom is 0.188 e. The Morgan fingerprint density at radius 1 is 1.25 bits per heavy atom. The van der Waals surface area contributed by atoms with Crippen molar-refractivity contribution in [1.82, 2.24) is 0 Å². The fourth-order valence-electron chi connectivity index (χ4n) is 1.52. The predicted molar refractivity (Wildman–Crippen MR) is 68.9 cm³/mol. The Kier molecular flexibility index (Phi) is 3.69. The monoisotopic (exact) mass is 216 g/mol. The van der Waals surface area contributed by atoms with Crippen LogP contribution < -0.4 is 0 Å². The first-order chi connectivity index (χ1) is 7.38. The Morgan fingerprint density at radius 2 is 1.75 bits per heavy atom. The fourth-order valence-corrected chi connectivity index (χ4v) is 1.52. The summed E-state index contributed by atoms with van der Waals surface area (Å²) in [5.74, 6) is 0.0286. The average Bonchev–Trinajstić information content (AvgIpc) is 2.28. The molecule has 0 aliphatic carbocycles. The molecule has 0 aliphatic heterocycles. The lowest BCUT2D eigenvalue weighted by atomic mass is 9.82. The zero-order chi connectivity index (χ0) is 12.3. The van der Waals surface area contributed by atoms with Crippen LogP contribution in [-0.4, -0.2) is 5.78 Å². The first-order valence-electron chi connectivity index (χ1n) is 5.69. The Morgan fingerprint density at radius 3 is 2.12 bits per heavy atom. The third kappa shape index (κ3) is 2.60. The highest BCUT2D eigenvalue weighted by atomic mass is 16.1. The molecule has 1 heteroatoms. The lowest BCUT2D eigenvalue weighted by Gasteiger charge is -2.23. The van der Waals surface area contributed by atoms with E-state index in [1.807, 2.05) is 24.3 Å². The summed E-state index contributed by atoms with van der Waals surface area (Å²) >= 11 is 0. The zero-order valence-electron chi connectivity index (χ0n) is 10.6. The van der Waals surface area contributed by atoms with Gasteiger partial charge in [-0.25, -0.2) is 0 Å². The summed E-state index contributed by atoms with van der Waals surface area (Å²) in [6, 6.07) is 7.87.